The number of carboxylic acid groups (broad SMARTS) is 1. The number of hydrogen-bond donors (Lipinski definition) is 2. The van der Waals surface area contributed by atoms with Gasteiger partial charge in [0.1, 0.15) is 5.69 Å². The van der Waals surface area contributed by atoms with Crippen molar-refractivity contribution >= 4 is 5.97 Å². The molecule has 1 aliphatic rings. The third-order valence-electron chi connectivity index (χ3n) is 4.24. The first-order valence-electron chi connectivity index (χ1n) is 7.93. The zero-order chi connectivity index (χ0) is 17.2. The molecule has 2 N–H and O–H groups in total. The van der Waals surface area contributed by atoms with Crippen molar-refractivity contribution < 1.29 is 9.90 Å². The molecule has 8 heteroatoms. The predicted octanol–water partition coefficient (Wildman–Crippen LogP) is 1.45. The maximum absolute atomic E-state index is 11.7. The number of hydrogen-bond acceptors (Lipinski definition) is 6. The van der Waals surface area contributed by atoms with E-state index in [2.05, 4.69) is 24.9 Å². The van der Waals surface area contributed by atoms with Crippen molar-refractivity contribution in [2.75, 3.05) is 6.54 Å². The monoisotopic (exact) mass is 336 g/mol. The number of fused-ring (bicyclic) bond motifs is 1. The summed E-state index contributed by atoms with van der Waals surface area (Å²) in [6.45, 7) is 1.08. The minimum Gasteiger partial charge on any atom is -0.480 e. The van der Waals surface area contributed by atoms with E-state index in [0.717, 1.165) is 17.7 Å². The maximum Gasteiger partial charge on any atom is 0.327 e. The van der Waals surface area contributed by atoms with Crippen LogP contribution in [0.3, 0.4) is 0 Å². The lowest BCUT2D eigenvalue weighted by Crippen LogP contribution is -2.39. The van der Waals surface area contributed by atoms with E-state index < -0.39 is 12.0 Å². The van der Waals surface area contributed by atoms with Gasteiger partial charge in [0.25, 0.3) is 0 Å². The van der Waals surface area contributed by atoms with Crippen LogP contribution in [0, 0.1) is 0 Å². The molecule has 3 aromatic rings. The summed E-state index contributed by atoms with van der Waals surface area (Å²) in [6.07, 6.45) is 7.42. The van der Waals surface area contributed by atoms with E-state index in [1.807, 2.05) is 23.1 Å². The van der Waals surface area contributed by atoms with E-state index >= 15 is 0 Å². The van der Waals surface area contributed by atoms with Crippen LogP contribution in [-0.4, -0.2) is 47.4 Å². The number of carbonyl (C=O) groups is 1. The van der Waals surface area contributed by atoms with E-state index in [1.165, 1.54) is 0 Å². The van der Waals surface area contributed by atoms with Crippen molar-refractivity contribution in [3.63, 3.8) is 0 Å². The minimum atomic E-state index is -0.904. The zero-order valence-corrected chi connectivity index (χ0v) is 13.3. The standard InChI is InChI=1S/C17H16N6O2/c24-17(25)15-14-12(21-10-22-14)4-6-23(15)9-11-7-19-16(20-8-11)13-3-1-2-5-18-13/h1-3,5,7-8,10,15H,4,6,9H2,(H,21,22)(H,24,25)/t15-/m1/s1. The number of imidazole rings is 1. The average Bonchev–Trinajstić information content (AvgIpc) is 3.11. The Bertz CT molecular complexity index is 878. The lowest BCUT2D eigenvalue weighted by molar-refractivity contribution is -0.144. The van der Waals surface area contributed by atoms with E-state index in [1.54, 1.807) is 24.9 Å². The molecule has 25 heavy (non-hydrogen) atoms. The topological polar surface area (TPSA) is 108 Å². The SMILES string of the molecule is O=C(O)[C@H]1c2nc[nH]c2CCN1Cc1cnc(-c2ccccn2)nc1. The molecule has 1 aliphatic heterocycles. The molecule has 0 bridgehead atoms. The van der Waals surface area contributed by atoms with Gasteiger partial charge in [0.05, 0.1) is 12.0 Å². The molecule has 0 saturated carbocycles. The summed E-state index contributed by atoms with van der Waals surface area (Å²) in [5.74, 6) is -0.355. The van der Waals surface area contributed by atoms with Crippen LogP contribution in [0.25, 0.3) is 11.5 Å². The predicted molar refractivity (Wildman–Crippen MR) is 88.3 cm³/mol. The summed E-state index contributed by atoms with van der Waals surface area (Å²) in [5.41, 5.74) is 3.04. The van der Waals surface area contributed by atoms with Gasteiger partial charge in [-0.2, -0.15) is 0 Å². The molecule has 0 radical (unpaired) electrons. The molecule has 1 atom stereocenters. The highest BCUT2D eigenvalue weighted by Gasteiger charge is 2.35. The molecule has 126 valence electrons. The highest BCUT2D eigenvalue weighted by Crippen LogP contribution is 2.28. The lowest BCUT2D eigenvalue weighted by atomic mass is 10.0. The van der Waals surface area contributed by atoms with Crippen molar-refractivity contribution in [1.82, 2.24) is 29.8 Å². The van der Waals surface area contributed by atoms with Crippen molar-refractivity contribution in [3.8, 4) is 11.5 Å². The van der Waals surface area contributed by atoms with Gasteiger partial charge < -0.3 is 10.1 Å². The Labute approximate surface area is 143 Å². The summed E-state index contributed by atoms with van der Waals surface area (Å²) in [6, 6.07) is 4.81. The van der Waals surface area contributed by atoms with E-state index in [0.29, 0.717) is 30.3 Å². The van der Waals surface area contributed by atoms with E-state index in [-0.39, 0.29) is 0 Å². The first-order chi connectivity index (χ1) is 12.2. The summed E-state index contributed by atoms with van der Waals surface area (Å²) in [5, 5.41) is 9.61. The molecule has 4 rings (SSSR count). The quantitative estimate of drug-likeness (QED) is 0.742. The number of carboxylic acids is 1. The molecule has 0 aliphatic carbocycles. The van der Waals surface area contributed by atoms with Crippen LogP contribution in [0.1, 0.15) is 23.0 Å². The van der Waals surface area contributed by atoms with Gasteiger partial charge in [-0.05, 0) is 12.1 Å². The Hall–Kier alpha value is -3.13. The average molecular weight is 336 g/mol. The molecule has 0 fully saturated rings. The normalized spacial score (nSPS) is 17.2. The van der Waals surface area contributed by atoms with Gasteiger partial charge in [-0.1, -0.05) is 6.07 Å². The van der Waals surface area contributed by atoms with Crippen molar-refractivity contribution in [2.24, 2.45) is 0 Å². The van der Waals surface area contributed by atoms with Gasteiger partial charge in [-0.3, -0.25) is 14.7 Å². The molecule has 3 aromatic heterocycles. The van der Waals surface area contributed by atoms with Gasteiger partial charge in [0.15, 0.2) is 11.9 Å². The second kappa shape index (κ2) is 6.40. The molecule has 0 amide bonds. The smallest absolute Gasteiger partial charge is 0.327 e. The summed E-state index contributed by atoms with van der Waals surface area (Å²) < 4.78 is 0. The van der Waals surface area contributed by atoms with E-state index in [9.17, 15) is 9.90 Å². The van der Waals surface area contributed by atoms with Crippen LogP contribution in [0.4, 0.5) is 0 Å². The van der Waals surface area contributed by atoms with E-state index in [4.69, 9.17) is 0 Å². The van der Waals surface area contributed by atoms with Crippen molar-refractivity contribution in [2.45, 2.75) is 19.0 Å². The van der Waals surface area contributed by atoms with Crippen LogP contribution in [-0.2, 0) is 17.8 Å². The fourth-order valence-electron chi connectivity index (χ4n) is 3.07. The fraction of sp³-hybridized carbons (Fsp3) is 0.235. The van der Waals surface area contributed by atoms with Crippen LogP contribution in [0.15, 0.2) is 43.1 Å². The lowest BCUT2D eigenvalue weighted by Gasteiger charge is -2.31. The first-order valence-corrected chi connectivity index (χ1v) is 7.93. The number of aromatic amines is 1. The molecule has 0 saturated heterocycles. The summed E-state index contributed by atoms with van der Waals surface area (Å²) in [4.78, 5) is 33.7. The second-order valence-corrected chi connectivity index (χ2v) is 5.86. The molecule has 0 aromatic carbocycles. The number of nitrogens with zero attached hydrogens (tertiary/aromatic N) is 5. The highest BCUT2D eigenvalue weighted by molar-refractivity contribution is 5.75. The summed E-state index contributed by atoms with van der Waals surface area (Å²) in [7, 11) is 0. The summed E-state index contributed by atoms with van der Waals surface area (Å²) >= 11 is 0. The highest BCUT2D eigenvalue weighted by atomic mass is 16.4. The molecule has 0 spiro atoms. The van der Waals surface area contributed by atoms with Crippen molar-refractivity contribution in [3.05, 3.63) is 60.1 Å². The Balaban J connectivity index is 1.55. The van der Waals surface area contributed by atoms with Gasteiger partial charge in [-0.25, -0.2) is 15.0 Å². The Morgan fingerprint density at radius 1 is 1.24 bits per heavy atom. The number of H-pyrrole nitrogens is 1. The van der Waals surface area contributed by atoms with Crippen molar-refractivity contribution in [1.29, 1.82) is 0 Å². The number of nitrogens with one attached hydrogen (secondary N) is 1. The minimum absolute atomic E-state index is 0.450. The third kappa shape index (κ3) is 2.99. The van der Waals surface area contributed by atoms with Gasteiger partial charge >= 0.3 is 5.97 Å². The van der Waals surface area contributed by atoms with Gasteiger partial charge in [0.2, 0.25) is 0 Å². The second-order valence-electron chi connectivity index (χ2n) is 5.86. The Kier molecular flexibility index (Phi) is 3.95. The number of aliphatic carboxylic acids is 1. The Morgan fingerprint density at radius 2 is 2.08 bits per heavy atom. The number of aromatic nitrogens is 5. The van der Waals surface area contributed by atoms with Crippen LogP contribution in [0.5, 0.6) is 0 Å². The van der Waals surface area contributed by atoms with Crippen LogP contribution in [0.2, 0.25) is 0 Å². The fourth-order valence-corrected chi connectivity index (χ4v) is 3.07. The molecular formula is C17H16N6O2. The molecular weight excluding hydrogens is 320 g/mol. The maximum atomic E-state index is 11.7. The first kappa shape index (κ1) is 15.4. The van der Waals surface area contributed by atoms with Crippen LogP contribution < -0.4 is 0 Å². The van der Waals surface area contributed by atoms with Gasteiger partial charge in [-0.15, -0.1) is 0 Å². The molecule has 4 heterocycles. The number of rotatable bonds is 4. The largest absolute Gasteiger partial charge is 0.480 e. The third-order valence-corrected chi connectivity index (χ3v) is 4.24. The van der Waals surface area contributed by atoms with Gasteiger partial charge in [0, 0.05) is 49.4 Å². The Morgan fingerprint density at radius 3 is 2.80 bits per heavy atom. The van der Waals surface area contributed by atoms with Crippen LogP contribution >= 0.6 is 0 Å². The molecule has 0 unspecified atom stereocenters. The molecule has 8 nitrogen and oxygen atoms in total. The number of pyridine rings is 1. The zero-order valence-electron chi connectivity index (χ0n) is 13.3.